The van der Waals surface area contributed by atoms with Crippen LogP contribution in [0.15, 0.2) is 51.8 Å². The van der Waals surface area contributed by atoms with Crippen molar-refractivity contribution in [3.8, 4) is 0 Å². The number of benzene rings is 2. The van der Waals surface area contributed by atoms with Crippen LogP contribution in [0, 0.1) is 6.92 Å². The van der Waals surface area contributed by atoms with E-state index >= 15 is 0 Å². The molecule has 2 aromatic carbocycles. The molecule has 9 nitrogen and oxygen atoms in total. The number of hydrogen-bond donors (Lipinski definition) is 3. The maximum atomic E-state index is 11.9. The Morgan fingerprint density at radius 2 is 1.90 bits per heavy atom. The van der Waals surface area contributed by atoms with Crippen LogP contribution in [-0.4, -0.2) is 27.9 Å². The van der Waals surface area contributed by atoms with Gasteiger partial charge in [0.1, 0.15) is 5.82 Å². The number of likely N-dealkylation sites (N-methyl/N-ethyl adjacent to an activating group) is 1. The third kappa shape index (κ3) is 3.16. The molecule has 5 rings (SSSR count). The zero-order chi connectivity index (χ0) is 20.8. The Bertz CT molecular complexity index is 1360. The molecule has 0 radical (unpaired) electrons. The second kappa shape index (κ2) is 6.73. The van der Waals surface area contributed by atoms with Gasteiger partial charge in [0.15, 0.2) is 5.58 Å². The predicted octanol–water partition coefficient (Wildman–Crippen LogP) is 3.23. The van der Waals surface area contributed by atoms with Crippen LogP contribution in [0.3, 0.4) is 0 Å². The van der Waals surface area contributed by atoms with Gasteiger partial charge < -0.3 is 20.0 Å². The molecule has 0 unspecified atom stereocenters. The summed E-state index contributed by atoms with van der Waals surface area (Å²) in [4.78, 5) is 36.4. The van der Waals surface area contributed by atoms with Crippen LogP contribution < -0.4 is 21.3 Å². The first kappa shape index (κ1) is 17.9. The minimum absolute atomic E-state index is 0.0798. The number of amides is 1. The van der Waals surface area contributed by atoms with Crippen molar-refractivity contribution in [1.82, 2.24) is 15.0 Å². The highest BCUT2D eigenvalue weighted by atomic mass is 16.4. The van der Waals surface area contributed by atoms with Gasteiger partial charge in [-0.1, -0.05) is 0 Å². The number of nitrogens with one attached hydrogen (secondary N) is 3. The smallest absolute Gasteiger partial charge is 0.408 e. The highest BCUT2D eigenvalue weighted by molar-refractivity contribution is 6.01. The molecule has 0 saturated carbocycles. The van der Waals surface area contributed by atoms with E-state index in [1.807, 2.05) is 31.2 Å². The first-order valence-electron chi connectivity index (χ1n) is 9.36. The Morgan fingerprint density at radius 1 is 1.10 bits per heavy atom. The maximum absolute atomic E-state index is 11.9. The molecule has 0 aliphatic carbocycles. The van der Waals surface area contributed by atoms with Crippen LogP contribution in [0.4, 0.5) is 28.8 Å². The SMILES string of the molecule is Cc1cnc(Nc2ccc3c(c2)CC(=O)N3C)nc1Nc1ccc2oc(=O)[nH]c2c1. The van der Waals surface area contributed by atoms with Crippen molar-refractivity contribution >= 4 is 45.8 Å². The van der Waals surface area contributed by atoms with E-state index in [0.717, 1.165) is 28.2 Å². The first-order valence-corrected chi connectivity index (χ1v) is 9.36. The lowest BCUT2D eigenvalue weighted by Crippen LogP contribution is -2.20. The number of carbonyl (C=O) groups is 1. The summed E-state index contributed by atoms with van der Waals surface area (Å²) in [7, 11) is 1.78. The Kier molecular flexibility index (Phi) is 4.02. The van der Waals surface area contributed by atoms with E-state index in [1.54, 1.807) is 30.3 Å². The highest BCUT2D eigenvalue weighted by Gasteiger charge is 2.23. The number of carbonyl (C=O) groups excluding carboxylic acids is 1. The van der Waals surface area contributed by atoms with Gasteiger partial charge in [0.05, 0.1) is 11.9 Å². The lowest BCUT2D eigenvalue weighted by molar-refractivity contribution is -0.117. The summed E-state index contributed by atoms with van der Waals surface area (Å²) < 4.78 is 5.03. The molecule has 3 N–H and O–H groups in total. The number of H-pyrrole nitrogens is 1. The van der Waals surface area contributed by atoms with Crippen molar-refractivity contribution in [2.45, 2.75) is 13.3 Å². The Labute approximate surface area is 170 Å². The Balaban J connectivity index is 1.40. The minimum atomic E-state index is -0.492. The molecule has 4 aromatic rings. The molecule has 1 aliphatic rings. The normalized spacial score (nSPS) is 13.0. The number of anilines is 5. The fourth-order valence-corrected chi connectivity index (χ4v) is 3.47. The number of fused-ring (bicyclic) bond motifs is 2. The number of hydrogen-bond acceptors (Lipinski definition) is 7. The van der Waals surface area contributed by atoms with Gasteiger partial charge >= 0.3 is 5.76 Å². The van der Waals surface area contributed by atoms with E-state index in [-0.39, 0.29) is 5.91 Å². The molecule has 1 aliphatic heterocycles. The third-order valence-corrected chi connectivity index (χ3v) is 5.07. The summed E-state index contributed by atoms with van der Waals surface area (Å²) in [6.07, 6.45) is 2.11. The number of rotatable bonds is 4. The summed E-state index contributed by atoms with van der Waals surface area (Å²) in [5.41, 5.74) is 5.42. The van der Waals surface area contributed by atoms with Crippen molar-refractivity contribution in [3.63, 3.8) is 0 Å². The highest BCUT2D eigenvalue weighted by Crippen LogP contribution is 2.31. The standard InChI is InChI=1S/C21H18N6O3/c1-11-10-22-20(24-13-3-5-16-12(7-13)8-18(28)27(16)2)26-19(11)23-14-4-6-17-15(9-14)25-21(29)30-17/h3-7,9-10H,8H2,1-2H3,(H,25,29)(H2,22,23,24,26). The van der Waals surface area contributed by atoms with Crippen LogP contribution in [0.2, 0.25) is 0 Å². The molecule has 0 bridgehead atoms. The van der Waals surface area contributed by atoms with Gasteiger partial charge in [-0.3, -0.25) is 9.78 Å². The average molecular weight is 402 g/mol. The molecule has 0 saturated heterocycles. The van der Waals surface area contributed by atoms with E-state index in [1.165, 1.54) is 0 Å². The fourth-order valence-electron chi connectivity index (χ4n) is 3.47. The molecule has 2 aromatic heterocycles. The summed E-state index contributed by atoms with van der Waals surface area (Å²) in [5, 5.41) is 6.44. The topological polar surface area (TPSA) is 116 Å². The molecule has 0 atom stereocenters. The number of aryl methyl sites for hydroxylation is 1. The van der Waals surface area contributed by atoms with Crippen molar-refractivity contribution in [3.05, 3.63) is 64.3 Å². The predicted molar refractivity (Wildman–Crippen MR) is 114 cm³/mol. The monoisotopic (exact) mass is 402 g/mol. The largest absolute Gasteiger partial charge is 0.417 e. The van der Waals surface area contributed by atoms with Crippen molar-refractivity contribution in [2.24, 2.45) is 0 Å². The van der Waals surface area contributed by atoms with E-state index in [9.17, 15) is 9.59 Å². The molecule has 3 heterocycles. The first-order chi connectivity index (χ1) is 14.5. The second-order valence-corrected chi connectivity index (χ2v) is 7.17. The van der Waals surface area contributed by atoms with Crippen LogP contribution in [0.25, 0.3) is 11.1 Å². The molecule has 1 amide bonds. The van der Waals surface area contributed by atoms with Gasteiger partial charge in [0.2, 0.25) is 11.9 Å². The van der Waals surface area contributed by atoms with Crippen LogP contribution in [0.5, 0.6) is 0 Å². The van der Waals surface area contributed by atoms with E-state index in [2.05, 4.69) is 25.6 Å². The average Bonchev–Trinajstić information content (AvgIpc) is 3.22. The number of oxazole rings is 1. The Morgan fingerprint density at radius 3 is 2.77 bits per heavy atom. The summed E-state index contributed by atoms with van der Waals surface area (Å²) >= 11 is 0. The van der Waals surface area contributed by atoms with Gasteiger partial charge in [-0.25, -0.2) is 9.78 Å². The minimum Gasteiger partial charge on any atom is -0.408 e. The number of aromatic amines is 1. The van der Waals surface area contributed by atoms with E-state index < -0.39 is 5.76 Å². The van der Waals surface area contributed by atoms with E-state index in [0.29, 0.717) is 29.3 Å². The van der Waals surface area contributed by atoms with Crippen LogP contribution in [-0.2, 0) is 11.2 Å². The zero-order valence-corrected chi connectivity index (χ0v) is 16.3. The lowest BCUT2D eigenvalue weighted by Gasteiger charge is -2.13. The van der Waals surface area contributed by atoms with Gasteiger partial charge in [0.25, 0.3) is 0 Å². The zero-order valence-electron chi connectivity index (χ0n) is 16.3. The van der Waals surface area contributed by atoms with E-state index in [4.69, 9.17) is 4.42 Å². The van der Waals surface area contributed by atoms with Crippen molar-refractivity contribution in [1.29, 1.82) is 0 Å². The molecule has 0 spiro atoms. The quantitative estimate of drug-likeness (QED) is 0.480. The maximum Gasteiger partial charge on any atom is 0.417 e. The number of aromatic nitrogens is 3. The van der Waals surface area contributed by atoms with Gasteiger partial charge in [-0.05, 0) is 48.9 Å². The summed E-state index contributed by atoms with van der Waals surface area (Å²) in [5.74, 6) is 0.650. The Hall–Kier alpha value is -4.14. The number of nitrogens with zero attached hydrogens (tertiary/aromatic N) is 3. The van der Waals surface area contributed by atoms with Gasteiger partial charge in [-0.15, -0.1) is 0 Å². The summed E-state index contributed by atoms with van der Waals surface area (Å²) in [6, 6.07) is 11.1. The van der Waals surface area contributed by atoms with Gasteiger partial charge in [0, 0.05) is 35.9 Å². The van der Waals surface area contributed by atoms with Crippen LogP contribution in [0.1, 0.15) is 11.1 Å². The van der Waals surface area contributed by atoms with Crippen molar-refractivity contribution in [2.75, 3.05) is 22.6 Å². The third-order valence-electron chi connectivity index (χ3n) is 5.07. The van der Waals surface area contributed by atoms with Crippen molar-refractivity contribution < 1.29 is 9.21 Å². The van der Waals surface area contributed by atoms with Crippen LogP contribution >= 0.6 is 0 Å². The molecule has 0 fully saturated rings. The molecule has 30 heavy (non-hydrogen) atoms. The molecule has 9 heteroatoms. The van der Waals surface area contributed by atoms with Gasteiger partial charge in [-0.2, -0.15) is 4.98 Å². The molecular weight excluding hydrogens is 384 g/mol. The fraction of sp³-hybridized carbons (Fsp3) is 0.143. The molecule has 150 valence electrons. The molecular formula is C21H18N6O3. The lowest BCUT2D eigenvalue weighted by atomic mass is 10.1. The second-order valence-electron chi connectivity index (χ2n) is 7.17. The summed E-state index contributed by atoms with van der Waals surface area (Å²) in [6.45, 7) is 1.90.